The van der Waals surface area contributed by atoms with Crippen molar-refractivity contribution in [3.8, 4) is 0 Å². The molecule has 6 heteroatoms. The van der Waals surface area contributed by atoms with Gasteiger partial charge in [0.2, 0.25) is 0 Å². The standard InChI is InChI=1S/C15H13BrF2N2O/c1-7-3-12(19)13(4-8(7)2)20-15(21)14-10(17)5-9(16)6-11(14)18/h3-6H,19H2,1-2H3,(H,20,21). The number of carbonyl (C=O) groups is 1. The fourth-order valence-electron chi connectivity index (χ4n) is 1.89. The third kappa shape index (κ3) is 3.21. The molecule has 0 radical (unpaired) electrons. The van der Waals surface area contributed by atoms with Gasteiger partial charge < -0.3 is 11.1 Å². The van der Waals surface area contributed by atoms with E-state index in [1.165, 1.54) is 0 Å². The van der Waals surface area contributed by atoms with Crippen molar-refractivity contribution in [2.24, 2.45) is 0 Å². The van der Waals surface area contributed by atoms with Crippen LogP contribution in [0, 0.1) is 25.5 Å². The highest BCUT2D eigenvalue weighted by Gasteiger charge is 2.19. The number of anilines is 2. The Morgan fingerprint density at radius 1 is 1.10 bits per heavy atom. The molecule has 0 spiro atoms. The van der Waals surface area contributed by atoms with E-state index in [4.69, 9.17) is 5.73 Å². The number of nitrogen functional groups attached to an aromatic ring is 1. The number of amides is 1. The van der Waals surface area contributed by atoms with E-state index < -0.39 is 23.1 Å². The molecular formula is C15H13BrF2N2O. The van der Waals surface area contributed by atoms with Crippen LogP contribution in [0.2, 0.25) is 0 Å². The molecule has 0 unspecified atom stereocenters. The lowest BCUT2D eigenvalue weighted by Gasteiger charge is -2.12. The van der Waals surface area contributed by atoms with Crippen molar-refractivity contribution >= 4 is 33.2 Å². The van der Waals surface area contributed by atoms with Gasteiger partial charge in [0, 0.05) is 4.47 Å². The topological polar surface area (TPSA) is 55.1 Å². The second kappa shape index (κ2) is 5.81. The van der Waals surface area contributed by atoms with Crippen LogP contribution in [0.25, 0.3) is 0 Å². The number of hydrogen-bond acceptors (Lipinski definition) is 2. The Morgan fingerprint density at radius 3 is 2.19 bits per heavy atom. The van der Waals surface area contributed by atoms with Crippen LogP contribution in [0.4, 0.5) is 20.2 Å². The molecule has 21 heavy (non-hydrogen) atoms. The van der Waals surface area contributed by atoms with Crippen molar-refractivity contribution in [1.82, 2.24) is 0 Å². The van der Waals surface area contributed by atoms with Crippen molar-refractivity contribution in [3.63, 3.8) is 0 Å². The highest BCUT2D eigenvalue weighted by molar-refractivity contribution is 9.10. The number of nitrogens with one attached hydrogen (secondary N) is 1. The van der Waals surface area contributed by atoms with Gasteiger partial charge in [0.15, 0.2) is 0 Å². The number of benzene rings is 2. The smallest absolute Gasteiger partial charge is 0.261 e. The first-order chi connectivity index (χ1) is 9.79. The molecule has 0 saturated heterocycles. The molecule has 2 aromatic carbocycles. The lowest BCUT2D eigenvalue weighted by atomic mass is 10.1. The molecule has 0 aliphatic rings. The number of nitrogens with two attached hydrogens (primary N) is 1. The van der Waals surface area contributed by atoms with Crippen molar-refractivity contribution in [1.29, 1.82) is 0 Å². The molecule has 3 nitrogen and oxygen atoms in total. The summed E-state index contributed by atoms with van der Waals surface area (Å²) < 4.78 is 27.7. The lowest BCUT2D eigenvalue weighted by molar-refractivity contribution is 0.101. The minimum Gasteiger partial charge on any atom is -0.397 e. The number of hydrogen-bond donors (Lipinski definition) is 2. The van der Waals surface area contributed by atoms with Gasteiger partial charge in [-0.25, -0.2) is 8.78 Å². The highest BCUT2D eigenvalue weighted by Crippen LogP contribution is 2.25. The first-order valence-corrected chi connectivity index (χ1v) is 6.91. The Bertz CT molecular complexity index is 709. The van der Waals surface area contributed by atoms with Gasteiger partial charge in [0.1, 0.15) is 17.2 Å². The predicted molar refractivity (Wildman–Crippen MR) is 82.3 cm³/mol. The average Bonchev–Trinajstić information content (AvgIpc) is 2.34. The Labute approximate surface area is 129 Å². The molecule has 0 saturated carbocycles. The number of halogens is 3. The van der Waals surface area contributed by atoms with Crippen molar-refractivity contribution in [2.75, 3.05) is 11.1 Å². The average molecular weight is 355 g/mol. The Morgan fingerprint density at radius 2 is 1.62 bits per heavy atom. The first-order valence-electron chi connectivity index (χ1n) is 6.12. The quantitative estimate of drug-likeness (QED) is 0.794. The van der Waals surface area contributed by atoms with E-state index >= 15 is 0 Å². The maximum absolute atomic E-state index is 13.7. The third-order valence-corrected chi connectivity index (χ3v) is 3.61. The van der Waals surface area contributed by atoms with Crippen molar-refractivity contribution < 1.29 is 13.6 Å². The molecule has 0 fully saturated rings. The summed E-state index contributed by atoms with van der Waals surface area (Å²) in [4.78, 5) is 12.1. The Kier molecular flexibility index (Phi) is 4.27. The van der Waals surface area contributed by atoms with E-state index in [2.05, 4.69) is 21.2 Å². The van der Waals surface area contributed by atoms with Gasteiger partial charge in [-0.15, -0.1) is 0 Å². The largest absolute Gasteiger partial charge is 0.397 e. The SMILES string of the molecule is Cc1cc(N)c(NC(=O)c2c(F)cc(Br)cc2F)cc1C. The van der Waals surface area contributed by atoms with E-state index in [0.717, 1.165) is 23.3 Å². The second-order valence-electron chi connectivity index (χ2n) is 4.72. The van der Waals surface area contributed by atoms with Crippen LogP contribution in [-0.2, 0) is 0 Å². The molecule has 110 valence electrons. The molecule has 2 rings (SSSR count). The fourth-order valence-corrected chi connectivity index (χ4v) is 2.29. The number of rotatable bonds is 2. The van der Waals surface area contributed by atoms with Gasteiger partial charge in [0.25, 0.3) is 5.91 Å². The zero-order valence-electron chi connectivity index (χ0n) is 11.4. The maximum Gasteiger partial charge on any atom is 0.261 e. The summed E-state index contributed by atoms with van der Waals surface area (Å²) in [5.41, 5.74) is 7.70. The summed E-state index contributed by atoms with van der Waals surface area (Å²) in [5, 5.41) is 2.44. The van der Waals surface area contributed by atoms with Crippen LogP contribution in [0.3, 0.4) is 0 Å². The van der Waals surface area contributed by atoms with Crippen molar-refractivity contribution in [3.05, 3.63) is 57.1 Å². The van der Waals surface area contributed by atoms with Crippen LogP contribution in [0.5, 0.6) is 0 Å². The molecule has 2 aromatic rings. The number of carbonyl (C=O) groups excluding carboxylic acids is 1. The molecule has 0 heterocycles. The van der Waals surface area contributed by atoms with Crippen LogP contribution in [0.1, 0.15) is 21.5 Å². The summed E-state index contributed by atoms with van der Waals surface area (Å²) >= 11 is 2.96. The van der Waals surface area contributed by atoms with Crippen molar-refractivity contribution in [2.45, 2.75) is 13.8 Å². The van der Waals surface area contributed by atoms with E-state index in [1.54, 1.807) is 12.1 Å². The molecule has 0 aromatic heterocycles. The molecular weight excluding hydrogens is 342 g/mol. The summed E-state index contributed by atoms with van der Waals surface area (Å²) in [6.45, 7) is 3.73. The number of aryl methyl sites for hydroxylation is 2. The maximum atomic E-state index is 13.7. The lowest BCUT2D eigenvalue weighted by Crippen LogP contribution is -2.17. The Hall–Kier alpha value is -1.95. The normalized spacial score (nSPS) is 10.5. The van der Waals surface area contributed by atoms with Crippen LogP contribution in [0.15, 0.2) is 28.7 Å². The van der Waals surface area contributed by atoms with Gasteiger partial charge in [-0.3, -0.25) is 4.79 Å². The van der Waals surface area contributed by atoms with Crippen LogP contribution < -0.4 is 11.1 Å². The molecule has 0 aliphatic heterocycles. The summed E-state index contributed by atoms with van der Waals surface area (Å²) in [7, 11) is 0. The van der Waals surface area contributed by atoms with Crippen LogP contribution in [-0.4, -0.2) is 5.91 Å². The molecule has 0 atom stereocenters. The monoisotopic (exact) mass is 354 g/mol. The second-order valence-corrected chi connectivity index (χ2v) is 5.64. The molecule has 0 bridgehead atoms. The predicted octanol–water partition coefficient (Wildman–Crippen LogP) is 4.18. The zero-order valence-corrected chi connectivity index (χ0v) is 13.0. The van der Waals surface area contributed by atoms with Crippen LogP contribution >= 0.6 is 15.9 Å². The fraction of sp³-hybridized carbons (Fsp3) is 0.133. The highest BCUT2D eigenvalue weighted by atomic mass is 79.9. The molecule has 1 amide bonds. The van der Waals surface area contributed by atoms with Gasteiger partial charge >= 0.3 is 0 Å². The summed E-state index contributed by atoms with van der Waals surface area (Å²) in [5.74, 6) is -2.77. The van der Waals surface area contributed by atoms with E-state index in [1.807, 2.05) is 13.8 Å². The van der Waals surface area contributed by atoms with Gasteiger partial charge in [0.05, 0.1) is 11.4 Å². The summed E-state index contributed by atoms with van der Waals surface area (Å²) in [6, 6.07) is 5.42. The first kappa shape index (κ1) is 15.4. The van der Waals surface area contributed by atoms with Gasteiger partial charge in [-0.1, -0.05) is 15.9 Å². The minimum atomic E-state index is -0.943. The molecule has 0 aliphatic carbocycles. The zero-order chi connectivity index (χ0) is 15.7. The minimum absolute atomic E-state index is 0.222. The van der Waals surface area contributed by atoms with Gasteiger partial charge in [-0.2, -0.15) is 0 Å². The van der Waals surface area contributed by atoms with E-state index in [0.29, 0.717) is 11.4 Å². The van der Waals surface area contributed by atoms with Gasteiger partial charge in [-0.05, 0) is 49.2 Å². The Balaban J connectivity index is 2.37. The molecule has 3 N–H and O–H groups in total. The third-order valence-electron chi connectivity index (χ3n) is 3.15. The van der Waals surface area contributed by atoms with E-state index in [-0.39, 0.29) is 4.47 Å². The van der Waals surface area contributed by atoms with E-state index in [9.17, 15) is 13.6 Å². The summed E-state index contributed by atoms with van der Waals surface area (Å²) in [6.07, 6.45) is 0.